The molecule has 25 aromatic rings. The lowest BCUT2D eigenvalue weighted by atomic mass is 9.82. The van der Waals surface area contributed by atoms with Gasteiger partial charge < -0.3 is 14.0 Å². The molecular formula is C116H74N2OS. The first-order chi connectivity index (χ1) is 59.2. The number of hydrogen-bond acceptors (Lipinski definition) is 2. The number of benzene rings is 21. The molecule has 4 heterocycles. The Hall–Kier alpha value is -14.7. The Labute approximate surface area is 695 Å². The third kappa shape index (κ3) is 10.0. The zero-order valence-electron chi connectivity index (χ0n) is 66.1. The van der Waals surface area contributed by atoms with E-state index in [1.807, 2.05) is 11.3 Å². The van der Waals surface area contributed by atoms with Crippen LogP contribution in [0.25, 0.3) is 222 Å². The van der Waals surface area contributed by atoms with Gasteiger partial charge in [-0.25, -0.2) is 0 Å². The zero-order valence-corrected chi connectivity index (χ0v) is 66.9. The first kappa shape index (κ1) is 67.5. The van der Waals surface area contributed by atoms with Gasteiger partial charge in [-0.2, -0.15) is 0 Å². The third-order valence-corrected chi connectivity index (χ3v) is 28.4. The van der Waals surface area contributed by atoms with Gasteiger partial charge in [-0.3, -0.25) is 0 Å². The summed E-state index contributed by atoms with van der Waals surface area (Å²) in [7, 11) is 0. The largest absolute Gasteiger partial charge is 0.456 e. The normalized spacial score (nSPS) is 13.2. The van der Waals surface area contributed by atoms with Gasteiger partial charge in [0.15, 0.2) is 0 Å². The number of H-pyrrole nitrogens is 1. The molecule has 4 aliphatic carbocycles. The van der Waals surface area contributed by atoms with Crippen LogP contribution in [0.15, 0.2) is 374 Å². The standard InChI is InChI=1S/C33H21N.C29H21N.C27H16O.C27H16S/c1-2-11-23(12-3-1)34-31-19-22-18-21-10-4-5-13-24(21)29(22)20-30(31)32-27-16-8-6-14-25(27)26-15-7-9-17-28(26)33(32)34;1-29(2)24-14-12-17-7-3-5-9-19(17)27(24)23-15-22-21-13-11-18-8-4-6-10-20(18)28(21)30-26(22)16-25(23)29;1-2-6-17-11-22-20(9-16(17)5-1)10-21-14-27-25(15-23(21)22)24-12-18-7-3-4-8-19(18)13-26(24)28-27;1-3-7-20-16(5-1)9-10-18-13-19-14-25-24(15-23(19)26(18)20)22-12-11-17-6-2-4-8-21(17)27(22)28-25/h1-17,19-20H,18H2;3-16,30H,1-2H3;1-9,11-15H,10H2;1-12,14-15H,13H2. The number of aromatic nitrogens is 2. The maximum absolute atomic E-state index is 6.26. The smallest absolute Gasteiger partial charge is 0.136 e. The Balaban J connectivity index is 0.0000000868. The fourth-order valence-corrected chi connectivity index (χ4v) is 22.9. The number of thiophene rings is 1. The number of nitrogens with zero attached hydrogens (tertiary/aromatic N) is 1. The van der Waals surface area contributed by atoms with E-state index in [0.717, 1.165) is 30.4 Å². The van der Waals surface area contributed by atoms with Gasteiger partial charge >= 0.3 is 0 Å². The lowest BCUT2D eigenvalue weighted by Crippen LogP contribution is -2.14. The predicted octanol–water partition coefficient (Wildman–Crippen LogP) is 32.0. The number of rotatable bonds is 1. The summed E-state index contributed by atoms with van der Waals surface area (Å²) in [5.41, 5.74) is 30.7. The minimum atomic E-state index is -0.0117. The van der Waals surface area contributed by atoms with E-state index < -0.39 is 0 Å². The number of aromatic amines is 1. The van der Waals surface area contributed by atoms with Crippen molar-refractivity contribution in [2.24, 2.45) is 0 Å². The van der Waals surface area contributed by atoms with Crippen LogP contribution in [-0.4, -0.2) is 9.55 Å². The minimum absolute atomic E-state index is 0.0117. The van der Waals surface area contributed by atoms with Crippen molar-refractivity contribution in [3.05, 3.63) is 415 Å². The van der Waals surface area contributed by atoms with Crippen molar-refractivity contribution in [3.63, 3.8) is 0 Å². The Morgan fingerprint density at radius 1 is 0.283 bits per heavy atom. The van der Waals surface area contributed by atoms with Crippen molar-refractivity contribution >= 4 is 183 Å². The fourth-order valence-electron chi connectivity index (χ4n) is 21.6. The van der Waals surface area contributed by atoms with Crippen LogP contribution in [0.5, 0.6) is 0 Å². The van der Waals surface area contributed by atoms with Crippen LogP contribution in [0, 0.1) is 0 Å². The summed E-state index contributed by atoms with van der Waals surface area (Å²) in [6.07, 6.45) is 3.02. The molecule has 0 atom stereocenters. The van der Waals surface area contributed by atoms with Crippen LogP contribution in [0.1, 0.15) is 58.4 Å². The second-order valence-electron chi connectivity index (χ2n) is 34.1. The summed E-state index contributed by atoms with van der Waals surface area (Å²) in [6, 6.07) is 136. The molecule has 120 heavy (non-hydrogen) atoms. The fraction of sp³-hybridized carbons (Fsp3) is 0.0517. The maximum Gasteiger partial charge on any atom is 0.136 e. The Morgan fingerprint density at radius 3 is 1.55 bits per heavy atom. The summed E-state index contributed by atoms with van der Waals surface area (Å²) < 4.78 is 11.6. The van der Waals surface area contributed by atoms with E-state index >= 15 is 0 Å². The number of para-hydroxylation sites is 1. The van der Waals surface area contributed by atoms with Gasteiger partial charge in [0, 0.05) is 79.9 Å². The molecule has 0 aliphatic heterocycles. The van der Waals surface area contributed by atoms with E-state index in [1.165, 1.54) is 255 Å². The van der Waals surface area contributed by atoms with Crippen molar-refractivity contribution in [2.45, 2.75) is 38.5 Å². The highest BCUT2D eigenvalue weighted by atomic mass is 32.1. The molecule has 0 unspecified atom stereocenters. The van der Waals surface area contributed by atoms with E-state index in [4.69, 9.17) is 4.42 Å². The SMILES string of the molecule is CC1(C)c2cc3[nH]c4c5ccccc5ccc4c3cc2-c2c1ccc1ccccc21.c1ccc(-n2c3cc4c(cc3c3c5ccccc5c5ccccc5c32)-c2ccccc2C4)cc1.c1ccc2c3c(ccc2c1)Cc1cc2sc4c5ccccc5ccc4c2cc1-3.c1ccc2cc3c(cc2c1)Cc1cc2oc4cc5ccccc5cc4c2cc1-3. The van der Waals surface area contributed by atoms with E-state index in [-0.39, 0.29) is 5.41 Å². The van der Waals surface area contributed by atoms with Gasteiger partial charge in [-0.1, -0.05) is 305 Å². The van der Waals surface area contributed by atoms with Gasteiger partial charge in [0.25, 0.3) is 0 Å². The molecule has 29 rings (SSSR count). The molecule has 1 N–H and O–H groups in total. The highest BCUT2D eigenvalue weighted by molar-refractivity contribution is 7.26. The highest BCUT2D eigenvalue weighted by Crippen LogP contribution is 2.55. The van der Waals surface area contributed by atoms with Crippen LogP contribution in [0.4, 0.5) is 0 Å². The molecule has 560 valence electrons. The van der Waals surface area contributed by atoms with Gasteiger partial charge in [0.05, 0.1) is 16.6 Å². The number of nitrogens with one attached hydrogen (secondary N) is 1. The molecule has 0 fully saturated rings. The Morgan fingerprint density at radius 2 is 0.783 bits per heavy atom. The summed E-state index contributed by atoms with van der Waals surface area (Å²) in [4.78, 5) is 3.75. The van der Waals surface area contributed by atoms with E-state index in [0.29, 0.717) is 0 Å². The molecule has 0 saturated heterocycles. The van der Waals surface area contributed by atoms with Crippen molar-refractivity contribution in [2.75, 3.05) is 0 Å². The first-order valence-electron chi connectivity index (χ1n) is 42.0. The van der Waals surface area contributed by atoms with Crippen molar-refractivity contribution in [1.29, 1.82) is 0 Å². The molecule has 21 aromatic carbocycles. The quantitative estimate of drug-likeness (QED) is 0.163. The zero-order chi connectivity index (χ0) is 78.7. The molecule has 0 spiro atoms. The Bertz CT molecular complexity index is 8800. The minimum Gasteiger partial charge on any atom is -0.456 e. The van der Waals surface area contributed by atoms with Crippen LogP contribution in [-0.2, 0) is 24.7 Å². The molecule has 0 amide bonds. The number of furan rings is 1. The molecule has 0 saturated carbocycles. The molecule has 0 radical (unpaired) electrons. The van der Waals surface area contributed by atoms with E-state index in [1.54, 1.807) is 0 Å². The van der Waals surface area contributed by atoms with Gasteiger partial charge in [-0.15, -0.1) is 11.3 Å². The Kier molecular flexibility index (Phi) is 14.4. The topological polar surface area (TPSA) is 33.9 Å². The van der Waals surface area contributed by atoms with Crippen LogP contribution in [0.2, 0.25) is 0 Å². The van der Waals surface area contributed by atoms with Gasteiger partial charge in [-0.05, 0) is 263 Å². The lowest BCUT2D eigenvalue weighted by molar-refractivity contribution is 0.661. The predicted molar refractivity (Wildman–Crippen MR) is 512 cm³/mol. The average Bonchev–Trinajstić information content (AvgIpc) is 1.55. The summed E-state index contributed by atoms with van der Waals surface area (Å²) >= 11 is 1.94. The summed E-state index contributed by atoms with van der Waals surface area (Å²) in [6.45, 7) is 4.71. The van der Waals surface area contributed by atoms with Crippen LogP contribution >= 0.6 is 11.3 Å². The van der Waals surface area contributed by atoms with E-state index in [2.05, 4.69) is 393 Å². The number of fused-ring (bicyclic) bond motifs is 39. The molecule has 4 aromatic heterocycles. The third-order valence-electron chi connectivity index (χ3n) is 27.2. The molecular weight excluding hydrogens is 1470 g/mol. The van der Waals surface area contributed by atoms with Gasteiger partial charge in [0.1, 0.15) is 11.2 Å². The van der Waals surface area contributed by atoms with Crippen molar-refractivity contribution in [1.82, 2.24) is 9.55 Å². The van der Waals surface area contributed by atoms with Crippen LogP contribution in [0.3, 0.4) is 0 Å². The lowest BCUT2D eigenvalue weighted by Gasteiger charge is -2.21. The van der Waals surface area contributed by atoms with Crippen molar-refractivity contribution < 1.29 is 4.42 Å². The average molecular weight is 1540 g/mol. The maximum atomic E-state index is 6.26. The monoisotopic (exact) mass is 1540 g/mol. The second-order valence-corrected chi connectivity index (χ2v) is 35.1. The van der Waals surface area contributed by atoms with E-state index in [9.17, 15) is 0 Å². The summed E-state index contributed by atoms with van der Waals surface area (Å²) in [5, 5.41) is 31.5. The molecule has 3 nitrogen and oxygen atoms in total. The summed E-state index contributed by atoms with van der Waals surface area (Å²) in [5.74, 6) is 0. The van der Waals surface area contributed by atoms with Crippen molar-refractivity contribution in [3.8, 4) is 50.2 Å². The number of hydrogen-bond donors (Lipinski definition) is 1. The molecule has 4 heteroatoms. The first-order valence-corrected chi connectivity index (χ1v) is 42.9. The van der Waals surface area contributed by atoms with Crippen LogP contribution < -0.4 is 0 Å². The highest BCUT2D eigenvalue weighted by Gasteiger charge is 2.38. The molecule has 4 aliphatic rings. The second kappa shape index (κ2) is 25.7. The van der Waals surface area contributed by atoms with Gasteiger partial charge in [0.2, 0.25) is 0 Å². The molecule has 0 bridgehead atoms.